The first-order chi connectivity index (χ1) is 17.0. The molecule has 10 heteroatoms. The number of amides is 1. The van der Waals surface area contributed by atoms with Gasteiger partial charge in [-0.3, -0.25) is 9.28 Å². The third-order valence-electron chi connectivity index (χ3n) is 6.82. The van der Waals surface area contributed by atoms with Crippen molar-refractivity contribution >= 4 is 56.8 Å². The van der Waals surface area contributed by atoms with Crippen LogP contribution in [-0.2, 0) is 27.1 Å². The van der Waals surface area contributed by atoms with Gasteiger partial charge in [-0.1, -0.05) is 29.8 Å². The maximum Gasteiger partial charge on any atom is 0.512 e. The normalized spacial score (nSPS) is 16.7. The van der Waals surface area contributed by atoms with Gasteiger partial charge in [-0.25, -0.2) is 4.79 Å². The summed E-state index contributed by atoms with van der Waals surface area (Å²) in [4.78, 5) is 26.1. The van der Waals surface area contributed by atoms with Crippen molar-refractivity contribution in [2.24, 2.45) is 0 Å². The van der Waals surface area contributed by atoms with Gasteiger partial charge in [0, 0.05) is 22.5 Å². The van der Waals surface area contributed by atoms with Crippen LogP contribution in [0.4, 0.5) is 16.3 Å². The monoisotopic (exact) mass is 515 g/mol. The molecule has 1 N–H and O–H groups in total. The summed E-state index contributed by atoms with van der Waals surface area (Å²) in [5.74, 6) is 1.01. The summed E-state index contributed by atoms with van der Waals surface area (Å²) >= 11 is 8.07. The Bertz CT molecular complexity index is 1260. The first-order valence-electron chi connectivity index (χ1n) is 11.8. The smallest absolute Gasteiger partial charge is 0.434 e. The Kier molecular flexibility index (Phi) is 6.82. The molecule has 0 spiro atoms. The molecule has 1 fully saturated rings. The number of piperazine rings is 1. The minimum atomic E-state index is -0.641. The summed E-state index contributed by atoms with van der Waals surface area (Å²) in [6.45, 7) is 6.24. The molecule has 0 unspecified atom stereocenters. The van der Waals surface area contributed by atoms with Gasteiger partial charge < -0.3 is 19.7 Å². The molecule has 1 aromatic heterocycles. The van der Waals surface area contributed by atoms with Crippen LogP contribution in [0.5, 0.6) is 0 Å². The second kappa shape index (κ2) is 10.0. The topological polar surface area (TPSA) is 80.8 Å². The second-order valence-corrected chi connectivity index (χ2v) is 10.2. The molecular formula is C25H28ClN4O4S+. The Morgan fingerprint density at radius 2 is 2.03 bits per heavy atom. The zero-order valence-electron chi connectivity index (χ0n) is 19.6. The Morgan fingerprint density at radius 3 is 2.83 bits per heavy atom. The van der Waals surface area contributed by atoms with Crippen LogP contribution in [0, 0.1) is 0 Å². The van der Waals surface area contributed by atoms with Gasteiger partial charge in [0.1, 0.15) is 0 Å². The number of aromatic nitrogens is 1. The predicted octanol–water partition coefficient (Wildman–Crippen LogP) is 4.45. The summed E-state index contributed by atoms with van der Waals surface area (Å²) < 4.78 is 17.0. The molecule has 3 aromatic rings. The van der Waals surface area contributed by atoms with Crippen molar-refractivity contribution in [1.82, 2.24) is 4.37 Å². The van der Waals surface area contributed by atoms with Gasteiger partial charge in [-0.05, 0) is 47.8 Å². The number of anilines is 2. The zero-order chi connectivity index (χ0) is 24.4. The minimum Gasteiger partial charge on any atom is -0.434 e. The Hall–Kier alpha value is -2.88. The summed E-state index contributed by atoms with van der Waals surface area (Å²) in [7, 11) is 0. The molecule has 0 atom stereocenters. The van der Waals surface area contributed by atoms with Gasteiger partial charge in [0.15, 0.2) is 5.82 Å². The molecule has 1 saturated heterocycles. The van der Waals surface area contributed by atoms with E-state index in [0.717, 1.165) is 55.4 Å². The molecule has 35 heavy (non-hydrogen) atoms. The zero-order valence-corrected chi connectivity index (χ0v) is 21.2. The number of fused-ring (bicyclic) bond motifs is 2. The average Bonchev–Trinajstić information content (AvgIpc) is 3.44. The second-order valence-electron chi connectivity index (χ2n) is 9.03. The van der Waals surface area contributed by atoms with E-state index < -0.39 is 6.16 Å². The molecule has 0 bridgehead atoms. The highest BCUT2D eigenvalue weighted by Gasteiger charge is 2.36. The van der Waals surface area contributed by atoms with E-state index in [1.54, 1.807) is 6.92 Å². The van der Waals surface area contributed by atoms with Crippen molar-refractivity contribution < 1.29 is 23.5 Å². The number of nitrogens with one attached hydrogen (secondary N) is 1. The number of nitrogens with zero attached hydrogens (tertiary/aromatic N) is 3. The van der Waals surface area contributed by atoms with Crippen molar-refractivity contribution in [3.63, 3.8) is 0 Å². The molecule has 2 aliphatic rings. The standard InChI is InChI=1S/C25H27ClN4O4S/c1-2-33-25(32)34-16-30(10-7-17-13-18-14-23(31)27-21(18)15-20(17)26)11-8-29(9-12-30)24-19-5-3-4-6-22(19)35-28-24/h3-6,13,15H,2,7-12,14,16H2,1H3/p+1. The SMILES string of the molecule is CCOC(=O)OC[N+]1(CCc2cc3c(cc2Cl)NC(=O)C3)CCN(c2nsc3ccccc23)CC1. The molecule has 1 amide bonds. The van der Waals surface area contributed by atoms with Crippen LogP contribution in [0.15, 0.2) is 36.4 Å². The van der Waals surface area contributed by atoms with Crippen molar-refractivity contribution in [2.45, 2.75) is 19.8 Å². The van der Waals surface area contributed by atoms with E-state index in [9.17, 15) is 9.59 Å². The number of carbonyl (C=O) groups is 2. The Labute approximate surface area is 213 Å². The van der Waals surface area contributed by atoms with Crippen LogP contribution in [-0.4, -0.2) is 67.0 Å². The van der Waals surface area contributed by atoms with Crippen molar-refractivity contribution in [1.29, 1.82) is 0 Å². The number of quaternary nitrogens is 1. The quantitative estimate of drug-likeness (QED) is 0.370. The van der Waals surface area contributed by atoms with Crippen LogP contribution in [0.25, 0.3) is 10.1 Å². The third kappa shape index (κ3) is 5.07. The fourth-order valence-electron chi connectivity index (χ4n) is 4.82. The van der Waals surface area contributed by atoms with E-state index in [0.29, 0.717) is 22.3 Å². The van der Waals surface area contributed by atoms with Crippen molar-refractivity contribution in [3.05, 3.63) is 52.5 Å². The molecule has 0 radical (unpaired) electrons. The lowest BCUT2D eigenvalue weighted by Gasteiger charge is -2.44. The van der Waals surface area contributed by atoms with E-state index >= 15 is 0 Å². The lowest BCUT2D eigenvalue weighted by atomic mass is 10.0. The van der Waals surface area contributed by atoms with Crippen molar-refractivity contribution in [3.8, 4) is 0 Å². The van der Waals surface area contributed by atoms with E-state index in [2.05, 4.69) is 22.3 Å². The molecule has 5 rings (SSSR count). The molecule has 184 valence electrons. The molecule has 8 nitrogen and oxygen atoms in total. The number of hydrogen-bond donors (Lipinski definition) is 1. The van der Waals surface area contributed by atoms with E-state index in [1.165, 1.54) is 21.6 Å². The lowest BCUT2D eigenvalue weighted by molar-refractivity contribution is -0.944. The first-order valence-corrected chi connectivity index (χ1v) is 13.0. The van der Waals surface area contributed by atoms with Crippen LogP contribution < -0.4 is 10.2 Å². The van der Waals surface area contributed by atoms with Crippen molar-refractivity contribution in [2.75, 3.05) is 56.3 Å². The Balaban J connectivity index is 1.31. The largest absolute Gasteiger partial charge is 0.512 e. The minimum absolute atomic E-state index is 0.00904. The van der Waals surface area contributed by atoms with Gasteiger partial charge in [0.25, 0.3) is 0 Å². The van der Waals surface area contributed by atoms with Gasteiger partial charge in [0.2, 0.25) is 12.6 Å². The molecule has 2 aromatic carbocycles. The maximum absolute atomic E-state index is 12.0. The van der Waals surface area contributed by atoms with Gasteiger partial charge in [0.05, 0.1) is 50.5 Å². The highest BCUT2D eigenvalue weighted by Crippen LogP contribution is 2.32. The fourth-order valence-corrected chi connectivity index (χ4v) is 5.87. The van der Waals surface area contributed by atoms with Gasteiger partial charge in [-0.15, -0.1) is 0 Å². The van der Waals surface area contributed by atoms with E-state index in [4.69, 9.17) is 25.4 Å². The highest BCUT2D eigenvalue weighted by molar-refractivity contribution is 7.13. The number of hydrogen-bond acceptors (Lipinski definition) is 7. The highest BCUT2D eigenvalue weighted by atomic mass is 35.5. The van der Waals surface area contributed by atoms with E-state index in [1.807, 2.05) is 24.3 Å². The summed E-state index contributed by atoms with van der Waals surface area (Å²) in [6, 6.07) is 12.1. The van der Waals surface area contributed by atoms with Gasteiger partial charge in [-0.2, -0.15) is 4.37 Å². The Morgan fingerprint density at radius 1 is 1.23 bits per heavy atom. The van der Waals surface area contributed by atoms with Crippen LogP contribution in [0.2, 0.25) is 5.02 Å². The van der Waals surface area contributed by atoms with Gasteiger partial charge >= 0.3 is 6.16 Å². The number of rotatable bonds is 7. The first kappa shape index (κ1) is 23.8. The summed E-state index contributed by atoms with van der Waals surface area (Å²) in [5, 5.41) is 4.66. The molecule has 3 heterocycles. The summed E-state index contributed by atoms with van der Waals surface area (Å²) in [6.07, 6.45) is 0.451. The predicted molar refractivity (Wildman–Crippen MR) is 137 cm³/mol. The molecular weight excluding hydrogens is 488 g/mol. The number of halogens is 1. The molecule has 0 saturated carbocycles. The number of carbonyl (C=O) groups excluding carboxylic acids is 2. The number of benzene rings is 2. The molecule has 0 aliphatic carbocycles. The lowest BCUT2D eigenvalue weighted by Crippen LogP contribution is -2.61. The summed E-state index contributed by atoms with van der Waals surface area (Å²) in [5.41, 5.74) is 2.77. The van der Waals surface area contributed by atoms with Crippen LogP contribution >= 0.6 is 23.1 Å². The molecule has 2 aliphatic heterocycles. The van der Waals surface area contributed by atoms with E-state index in [-0.39, 0.29) is 19.2 Å². The average molecular weight is 516 g/mol. The third-order valence-corrected chi connectivity index (χ3v) is 7.99. The number of ether oxygens (including phenoxy) is 2. The maximum atomic E-state index is 12.0. The fraction of sp³-hybridized carbons (Fsp3) is 0.400. The van der Waals surface area contributed by atoms with Crippen LogP contribution in [0.3, 0.4) is 0 Å². The van der Waals surface area contributed by atoms with Crippen LogP contribution in [0.1, 0.15) is 18.1 Å².